The van der Waals surface area contributed by atoms with E-state index >= 15 is 0 Å². The predicted octanol–water partition coefficient (Wildman–Crippen LogP) is 3.75. The first-order chi connectivity index (χ1) is 20.7. The van der Waals surface area contributed by atoms with Crippen LogP contribution < -0.4 is 0 Å². The van der Waals surface area contributed by atoms with E-state index in [-0.39, 0.29) is 55.5 Å². The van der Waals surface area contributed by atoms with Gasteiger partial charge in [0.15, 0.2) is 0 Å². The molecule has 43 heavy (non-hydrogen) atoms. The summed E-state index contributed by atoms with van der Waals surface area (Å²) in [6, 6.07) is 16.0. The van der Waals surface area contributed by atoms with E-state index in [0.29, 0.717) is 0 Å². The van der Waals surface area contributed by atoms with Crippen molar-refractivity contribution in [2.45, 2.75) is 66.2 Å². The fourth-order valence-corrected chi connectivity index (χ4v) is 9.00. The largest absolute Gasteiger partial charge is 0.464 e. The molecular weight excluding hydrogens is 596 g/mol. The van der Waals surface area contributed by atoms with Gasteiger partial charge in [-0.25, -0.2) is 19.2 Å². The van der Waals surface area contributed by atoms with Gasteiger partial charge in [-0.2, -0.15) is 0 Å². The Balaban J connectivity index is 2.25. The maximum Gasteiger partial charge on any atom is 0.337 e. The van der Waals surface area contributed by atoms with Gasteiger partial charge in [0.1, 0.15) is 0 Å². The normalized spacial score (nSPS) is 18.2. The Morgan fingerprint density at radius 1 is 0.581 bits per heavy atom. The highest BCUT2D eigenvalue weighted by Gasteiger charge is 2.67. The van der Waals surface area contributed by atoms with E-state index in [1.54, 1.807) is 64.1 Å². The second-order valence-electron chi connectivity index (χ2n) is 9.72. The summed E-state index contributed by atoms with van der Waals surface area (Å²) in [5, 5.41) is 0. The fraction of sp³-hybridized carbons (Fsp3) is 0.484. The van der Waals surface area contributed by atoms with Gasteiger partial charge in [0.2, 0.25) is 9.49 Å². The molecule has 1 saturated carbocycles. The van der Waals surface area contributed by atoms with Crippen molar-refractivity contribution in [2.75, 3.05) is 26.4 Å². The number of ether oxygens (including phenoxy) is 4. The third-order valence-electron chi connectivity index (χ3n) is 7.40. The number of carbonyl (C=O) groups excluding carboxylic acids is 4. The molecule has 0 spiro atoms. The molecule has 2 aromatic carbocycles. The maximum atomic E-state index is 14.3. The quantitative estimate of drug-likeness (QED) is 0.172. The third kappa shape index (κ3) is 6.45. The number of hydrogen-bond acceptors (Lipinski definition) is 10. The summed E-state index contributed by atoms with van der Waals surface area (Å²) >= 11 is 0. The summed E-state index contributed by atoms with van der Waals surface area (Å²) in [7, 11) is -4.61. The standard InChI is InChI=1S/C31H38O10S2/c1-5-38-26(32)30(27(33)39-6-2,42(36)24-15-11-9-12-16-24)22-19-20-23(21-22)31(28(34)40-7-3,29(35)41-8-4)43(37)25-17-13-10-14-18-25/h9-18,22-23H,5-8,19-21H2,1-4H3. The Morgan fingerprint density at radius 3 is 1.12 bits per heavy atom. The molecule has 4 unspecified atom stereocenters. The fourth-order valence-electron chi connectivity index (χ4n) is 5.57. The molecule has 234 valence electrons. The van der Waals surface area contributed by atoms with Crippen molar-refractivity contribution in [3.63, 3.8) is 0 Å². The van der Waals surface area contributed by atoms with E-state index in [0.717, 1.165) is 0 Å². The van der Waals surface area contributed by atoms with Crippen molar-refractivity contribution in [1.82, 2.24) is 0 Å². The second kappa shape index (κ2) is 15.4. The van der Waals surface area contributed by atoms with E-state index in [2.05, 4.69) is 0 Å². The van der Waals surface area contributed by atoms with Gasteiger partial charge < -0.3 is 18.9 Å². The van der Waals surface area contributed by atoms with Crippen LogP contribution in [-0.2, 0) is 59.7 Å². The highest BCUT2D eigenvalue weighted by molar-refractivity contribution is 7.88. The molecule has 1 fully saturated rings. The first-order valence-corrected chi connectivity index (χ1v) is 16.6. The lowest BCUT2D eigenvalue weighted by Gasteiger charge is -2.36. The van der Waals surface area contributed by atoms with Crippen LogP contribution in [0.25, 0.3) is 0 Å². The SMILES string of the molecule is CCOC(=O)C(C(=O)OCC)(C1CCC(C(C(=O)OCC)(C(=O)OCC)S(=O)c2ccccc2)C1)S(=O)c1ccccc1. The van der Waals surface area contributed by atoms with Crippen molar-refractivity contribution in [2.24, 2.45) is 11.8 Å². The van der Waals surface area contributed by atoms with Gasteiger partial charge in [0.05, 0.1) is 48.0 Å². The van der Waals surface area contributed by atoms with Crippen LogP contribution in [0.5, 0.6) is 0 Å². The first-order valence-electron chi connectivity index (χ1n) is 14.3. The van der Waals surface area contributed by atoms with Crippen molar-refractivity contribution in [3.05, 3.63) is 60.7 Å². The summed E-state index contributed by atoms with van der Waals surface area (Å²) < 4.78 is 45.5. The second-order valence-corrected chi connectivity index (χ2v) is 13.0. The smallest absolute Gasteiger partial charge is 0.337 e. The molecule has 0 amide bonds. The topological polar surface area (TPSA) is 139 Å². The van der Waals surface area contributed by atoms with Gasteiger partial charge in [0, 0.05) is 9.79 Å². The number of benzene rings is 2. The molecule has 4 atom stereocenters. The molecular formula is C31H38O10S2. The molecule has 12 heteroatoms. The van der Waals surface area contributed by atoms with E-state index in [4.69, 9.17) is 18.9 Å². The lowest BCUT2D eigenvalue weighted by atomic mass is 9.84. The van der Waals surface area contributed by atoms with Crippen LogP contribution in [0.2, 0.25) is 0 Å². The number of carbonyl (C=O) groups is 4. The Kier molecular flexibility index (Phi) is 12.2. The highest BCUT2D eigenvalue weighted by Crippen LogP contribution is 2.50. The zero-order valence-corrected chi connectivity index (χ0v) is 26.4. The van der Waals surface area contributed by atoms with Crippen molar-refractivity contribution < 1.29 is 46.5 Å². The molecule has 0 heterocycles. The van der Waals surface area contributed by atoms with Gasteiger partial charge in [0.25, 0.3) is 0 Å². The van der Waals surface area contributed by atoms with Crippen molar-refractivity contribution in [1.29, 1.82) is 0 Å². The molecule has 0 N–H and O–H groups in total. The summed E-state index contributed by atoms with van der Waals surface area (Å²) in [6.45, 7) is 5.84. The van der Waals surface area contributed by atoms with Crippen LogP contribution in [0, 0.1) is 11.8 Å². The van der Waals surface area contributed by atoms with Crippen LogP contribution in [0.15, 0.2) is 70.5 Å². The van der Waals surface area contributed by atoms with Crippen LogP contribution in [0.3, 0.4) is 0 Å². The molecule has 1 aliphatic carbocycles. The maximum absolute atomic E-state index is 14.3. The Bertz CT molecular complexity index is 1190. The van der Waals surface area contributed by atoms with Crippen LogP contribution in [0.1, 0.15) is 47.0 Å². The van der Waals surface area contributed by atoms with Gasteiger partial charge in [-0.15, -0.1) is 0 Å². The molecule has 3 rings (SSSR count). The zero-order valence-electron chi connectivity index (χ0n) is 24.8. The van der Waals surface area contributed by atoms with Crippen molar-refractivity contribution >= 4 is 45.5 Å². The molecule has 1 aliphatic rings. The predicted molar refractivity (Wildman–Crippen MR) is 159 cm³/mol. The molecule has 2 aromatic rings. The van der Waals surface area contributed by atoms with Gasteiger partial charge in [-0.3, -0.25) is 8.42 Å². The lowest BCUT2D eigenvalue weighted by Crippen LogP contribution is -2.59. The number of hydrogen-bond donors (Lipinski definition) is 0. The number of esters is 4. The first kappa shape index (κ1) is 34.1. The molecule has 0 aromatic heterocycles. The summed E-state index contributed by atoms with van der Waals surface area (Å²) in [4.78, 5) is 55.6. The Hall–Kier alpha value is -3.38. The molecule has 10 nitrogen and oxygen atoms in total. The minimum Gasteiger partial charge on any atom is -0.464 e. The zero-order chi connectivity index (χ0) is 31.6. The average Bonchev–Trinajstić information content (AvgIpc) is 3.49. The molecule has 0 radical (unpaired) electrons. The molecule has 0 bridgehead atoms. The number of rotatable bonds is 14. The average molecular weight is 635 g/mol. The van der Waals surface area contributed by atoms with Crippen LogP contribution in [0.4, 0.5) is 0 Å². The summed E-state index contributed by atoms with van der Waals surface area (Å²) in [5.41, 5.74) is 0. The third-order valence-corrected chi connectivity index (χ3v) is 11.3. The summed E-state index contributed by atoms with van der Waals surface area (Å²) in [5.74, 6) is -6.20. The lowest BCUT2D eigenvalue weighted by molar-refractivity contribution is -0.162. The van der Waals surface area contributed by atoms with E-state index in [1.807, 2.05) is 0 Å². The monoisotopic (exact) mass is 634 g/mol. The van der Waals surface area contributed by atoms with E-state index in [1.165, 1.54) is 24.3 Å². The molecule has 0 saturated heterocycles. The minimum atomic E-state index is -2.33. The van der Waals surface area contributed by atoms with Crippen LogP contribution >= 0.6 is 0 Å². The highest BCUT2D eigenvalue weighted by atomic mass is 32.2. The van der Waals surface area contributed by atoms with Gasteiger partial charge in [-0.05, 0) is 83.1 Å². The van der Waals surface area contributed by atoms with Crippen molar-refractivity contribution in [3.8, 4) is 0 Å². The molecule has 0 aliphatic heterocycles. The summed E-state index contributed by atoms with van der Waals surface area (Å²) in [6.07, 6.45) is -0.0484. The van der Waals surface area contributed by atoms with Gasteiger partial charge in [-0.1, -0.05) is 36.4 Å². The minimum absolute atomic E-state index is 0.0629. The Morgan fingerprint density at radius 2 is 0.860 bits per heavy atom. The van der Waals surface area contributed by atoms with Crippen LogP contribution in [-0.4, -0.2) is 68.2 Å². The van der Waals surface area contributed by atoms with E-state index < -0.39 is 66.8 Å². The Labute approximate surface area is 256 Å². The van der Waals surface area contributed by atoms with E-state index in [9.17, 15) is 27.6 Å². The van der Waals surface area contributed by atoms with Gasteiger partial charge >= 0.3 is 23.9 Å².